The Morgan fingerprint density at radius 1 is 1.23 bits per heavy atom. The van der Waals surface area contributed by atoms with Gasteiger partial charge in [0.15, 0.2) is 0 Å². The monoisotopic (exact) mass is 176 g/mol. The normalized spacial score (nSPS) is 12.2. The van der Waals surface area contributed by atoms with Gasteiger partial charge >= 0.3 is 0 Å². The van der Waals surface area contributed by atoms with Gasteiger partial charge in [0.05, 0.1) is 5.69 Å². The highest BCUT2D eigenvalue weighted by molar-refractivity contribution is 5.84. The summed E-state index contributed by atoms with van der Waals surface area (Å²) in [6.45, 7) is 6.12. The fourth-order valence-corrected chi connectivity index (χ4v) is 0.897. The summed E-state index contributed by atoms with van der Waals surface area (Å²) in [7, 11) is 0. The number of benzene rings is 1. The quantitative estimate of drug-likeness (QED) is 0.546. The van der Waals surface area contributed by atoms with E-state index in [0.717, 1.165) is 5.69 Å². The molecule has 0 aliphatic heterocycles. The van der Waals surface area contributed by atoms with Crippen molar-refractivity contribution in [3.63, 3.8) is 0 Å². The van der Waals surface area contributed by atoms with E-state index in [1.165, 1.54) is 5.56 Å². The second-order valence-corrected chi connectivity index (χ2v) is 3.53. The van der Waals surface area contributed by atoms with Gasteiger partial charge in [-0.1, -0.05) is 31.5 Å². The van der Waals surface area contributed by atoms with E-state index >= 15 is 0 Å². The maximum Gasteiger partial charge on any atom is 0.102 e. The summed E-state index contributed by atoms with van der Waals surface area (Å²) in [6, 6.07) is 8.02. The molecule has 1 aromatic carbocycles. The van der Waals surface area contributed by atoms with Gasteiger partial charge in [-0.2, -0.15) is 0 Å². The van der Waals surface area contributed by atoms with E-state index < -0.39 is 0 Å². The van der Waals surface area contributed by atoms with Crippen molar-refractivity contribution in [3.05, 3.63) is 29.8 Å². The van der Waals surface area contributed by atoms with E-state index in [-0.39, 0.29) is 0 Å². The molecule has 0 saturated heterocycles. The molecule has 2 N–H and O–H groups in total. The third-order valence-electron chi connectivity index (χ3n) is 1.88. The maximum absolute atomic E-state index is 5.74. The van der Waals surface area contributed by atoms with Crippen LogP contribution in [0.15, 0.2) is 29.3 Å². The van der Waals surface area contributed by atoms with Gasteiger partial charge in [-0.25, -0.2) is 4.99 Å². The Labute approximate surface area is 79.5 Å². The van der Waals surface area contributed by atoms with E-state index in [0.29, 0.717) is 11.8 Å². The van der Waals surface area contributed by atoms with Gasteiger partial charge in [-0.3, -0.25) is 0 Å². The van der Waals surface area contributed by atoms with Crippen molar-refractivity contribution in [1.82, 2.24) is 0 Å². The number of hydrogen-bond donors (Lipinski definition) is 1. The molecule has 0 heterocycles. The Kier molecular flexibility index (Phi) is 3.07. The lowest BCUT2D eigenvalue weighted by atomic mass is 10.2. The number of nitrogens with two attached hydrogens (primary N) is 1. The number of hydrogen-bond acceptors (Lipinski definition) is 1. The Morgan fingerprint density at radius 3 is 2.23 bits per heavy atom. The van der Waals surface area contributed by atoms with Crippen LogP contribution in [0.4, 0.5) is 5.69 Å². The van der Waals surface area contributed by atoms with Crippen LogP contribution < -0.4 is 5.73 Å². The van der Waals surface area contributed by atoms with Gasteiger partial charge in [-0.15, -0.1) is 0 Å². The molecule has 0 bridgehead atoms. The summed E-state index contributed by atoms with van der Waals surface area (Å²) in [5.41, 5.74) is 7.90. The highest BCUT2D eigenvalue weighted by Crippen LogP contribution is 2.13. The SMILES string of the molecule is Cc1ccc(N=C(N)C(C)C)cc1. The molecule has 0 unspecified atom stereocenters. The molecule has 70 valence electrons. The molecule has 0 amide bonds. The molecule has 0 spiro atoms. The molecular formula is C11H16N2. The zero-order valence-corrected chi connectivity index (χ0v) is 8.41. The molecule has 0 aliphatic rings. The number of aliphatic imine (C=N–C) groups is 1. The maximum atomic E-state index is 5.74. The standard InChI is InChI=1S/C11H16N2/c1-8(2)11(12)13-10-6-4-9(3)5-7-10/h4-8H,1-3H3,(H2,12,13). The molecule has 2 nitrogen and oxygen atoms in total. The second kappa shape index (κ2) is 4.08. The molecule has 0 radical (unpaired) electrons. The topological polar surface area (TPSA) is 38.4 Å². The molecule has 0 atom stereocenters. The summed E-state index contributed by atoms with van der Waals surface area (Å²) in [5.74, 6) is 0.991. The first-order valence-electron chi connectivity index (χ1n) is 4.50. The van der Waals surface area contributed by atoms with Crippen LogP contribution in [0.3, 0.4) is 0 Å². The lowest BCUT2D eigenvalue weighted by Gasteiger charge is -2.03. The highest BCUT2D eigenvalue weighted by Gasteiger charge is 1.98. The van der Waals surface area contributed by atoms with Gasteiger partial charge in [0.1, 0.15) is 5.84 Å². The lowest BCUT2D eigenvalue weighted by molar-refractivity contribution is 0.873. The molecule has 1 rings (SSSR count). The van der Waals surface area contributed by atoms with Crippen molar-refractivity contribution < 1.29 is 0 Å². The van der Waals surface area contributed by atoms with Crippen LogP contribution in [0.1, 0.15) is 19.4 Å². The average Bonchev–Trinajstić information content (AvgIpc) is 2.08. The summed E-state index contributed by atoms with van der Waals surface area (Å²) >= 11 is 0. The third kappa shape index (κ3) is 2.90. The van der Waals surface area contributed by atoms with Crippen LogP contribution in [0.5, 0.6) is 0 Å². The van der Waals surface area contributed by atoms with E-state index in [4.69, 9.17) is 5.73 Å². The zero-order chi connectivity index (χ0) is 9.84. The van der Waals surface area contributed by atoms with Crippen molar-refractivity contribution in [2.24, 2.45) is 16.6 Å². The Bertz CT molecular complexity index is 296. The minimum absolute atomic E-state index is 0.307. The van der Waals surface area contributed by atoms with Gasteiger partial charge in [-0.05, 0) is 19.1 Å². The van der Waals surface area contributed by atoms with Gasteiger partial charge in [0, 0.05) is 5.92 Å². The number of rotatable bonds is 2. The van der Waals surface area contributed by atoms with Gasteiger partial charge in [0.25, 0.3) is 0 Å². The third-order valence-corrected chi connectivity index (χ3v) is 1.88. The van der Waals surface area contributed by atoms with Crippen LogP contribution in [0.2, 0.25) is 0 Å². The molecule has 2 heteroatoms. The van der Waals surface area contributed by atoms with E-state index in [2.05, 4.69) is 11.9 Å². The van der Waals surface area contributed by atoms with E-state index in [9.17, 15) is 0 Å². The van der Waals surface area contributed by atoms with Crippen LogP contribution in [0.25, 0.3) is 0 Å². The molecule has 1 aromatic rings. The summed E-state index contributed by atoms with van der Waals surface area (Å²) in [6.07, 6.45) is 0. The molecular weight excluding hydrogens is 160 g/mol. The first-order valence-corrected chi connectivity index (χ1v) is 4.50. The van der Waals surface area contributed by atoms with Crippen LogP contribution in [0, 0.1) is 12.8 Å². The Morgan fingerprint density at radius 2 is 1.77 bits per heavy atom. The van der Waals surface area contributed by atoms with Crippen LogP contribution in [-0.4, -0.2) is 5.84 Å². The Hall–Kier alpha value is -1.31. The van der Waals surface area contributed by atoms with E-state index in [1.807, 2.05) is 38.1 Å². The predicted molar refractivity (Wildman–Crippen MR) is 57.3 cm³/mol. The fourth-order valence-electron chi connectivity index (χ4n) is 0.897. The first kappa shape index (κ1) is 9.78. The molecule has 0 aromatic heterocycles. The summed E-state index contributed by atoms with van der Waals surface area (Å²) < 4.78 is 0. The lowest BCUT2D eigenvalue weighted by Crippen LogP contribution is -2.17. The molecule has 0 aliphatic carbocycles. The zero-order valence-electron chi connectivity index (χ0n) is 8.41. The Balaban J connectivity index is 2.85. The fraction of sp³-hybridized carbons (Fsp3) is 0.364. The second-order valence-electron chi connectivity index (χ2n) is 3.53. The predicted octanol–water partition coefficient (Wildman–Crippen LogP) is 2.64. The van der Waals surface area contributed by atoms with Crippen LogP contribution in [-0.2, 0) is 0 Å². The minimum atomic E-state index is 0.307. The average molecular weight is 176 g/mol. The minimum Gasteiger partial charge on any atom is -0.387 e. The number of nitrogens with zero attached hydrogens (tertiary/aromatic N) is 1. The van der Waals surface area contributed by atoms with Gasteiger partial charge in [0.2, 0.25) is 0 Å². The molecule has 0 fully saturated rings. The van der Waals surface area contributed by atoms with E-state index in [1.54, 1.807) is 0 Å². The largest absolute Gasteiger partial charge is 0.387 e. The number of amidine groups is 1. The summed E-state index contributed by atoms with van der Waals surface area (Å²) in [5, 5.41) is 0. The van der Waals surface area contributed by atoms with Crippen molar-refractivity contribution in [3.8, 4) is 0 Å². The number of aryl methyl sites for hydroxylation is 1. The first-order chi connectivity index (χ1) is 6.09. The highest BCUT2D eigenvalue weighted by atomic mass is 14.9. The van der Waals surface area contributed by atoms with Crippen molar-refractivity contribution in [2.45, 2.75) is 20.8 Å². The smallest absolute Gasteiger partial charge is 0.102 e. The van der Waals surface area contributed by atoms with Gasteiger partial charge < -0.3 is 5.73 Å². The molecule has 0 saturated carbocycles. The van der Waals surface area contributed by atoms with Crippen molar-refractivity contribution >= 4 is 11.5 Å². The van der Waals surface area contributed by atoms with Crippen molar-refractivity contribution in [2.75, 3.05) is 0 Å². The summed E-state index contributed by atoms with van der Waals surface area (Å²) in [4.78, 5) is 4.29. The van der Waals surface area contributed by atoms with Crippen molar-refractivity contribution in [1.29, 1.82) is 0 Å². The van der Waals surface area contributed by atoms with Crippen LogP contribution >= 0.6 is 0 Å². The molecule has 13 heavy (non-hydrogen) atoms.